The number of nitrogens with one attached hydrogen (secondary N) is 2. The van der Waals surface area contributed by atoms with Crippen LogP contribution in [-0.2, 0) is 4.79 Å². The number of hydrogen-bond donors (Lipinski definition) is 2. The molecule has 3 rings (SSSR count). The van der Waals surface area contributed by atoms with Gasteiger partial charge in [0.1, 0.15) is 6.04 Å². The number of carbonyl (C=O) groups is 1. The van der Waals surface area contributed by atoms with E-state index in [9.17, 15) is 4.79 Å². The highest BCUT2D eigenvalue weighted by atomic mass is 16.2. The molecule has 1 aliphatic heterocycles. The van der Waals surface area contributed by atoms with Crippen molar-refractivity contribution in [2.24, 2.45) is 0 Å². The van der Waals surface area contributed by atoms with Gasteiger partial charge in [-0.05, 0) is 68.0 Å². The Kier molecular flexibility index (Phi) is 6.38. The maximum absolute atomic E-state index is 12.6. The number of rotatable bonds is 6. The van der Waals surface area contributed by atoms with Crippen molar-refractivity contribution >= 4 is 23.0 Å². The maximum Gasteiger partial charge on any atom is 0.246 e. The first kappa shape index (κ1) is 19.3. The van der Waals surface area contributed by atoms with Crippen molar-refractivity contribution in [3.8, 4) is 0 Å². The van der Waals surface area contributed by atoms with Crippen molar-refractivity contribution in [1.29, 1.82) is 0 Å². The number of anilines is 3. The van der Waals surface area contributed by atoms with E-state index in [0.29, 0.717) is 5.92 Å². The van der Waals surface area contributed by atoms with E-state index in [1.165, 1.54) is 24.9 Å². The predicted octanol–water partition coefficient (Wildman–Crippen LogP) is 5.24. The SMILES string of the molecule is CC(Nc1ccc(N2CCCCC2)cc1)C(=O)Nc1ccccc1C(C)C. The number of hydrogen-bond acceptors (Lipinski definition) is 3. The smallest absolute Gasteiger partial charge is 0.246 e. The molecule has 1 atom stereocenters. The van der Waals surface area contributed by atoms with Gasteiger partial charge >= 0.3 is 0 Å². The van der Waals surface area contributed by atoms with Crippen LogP contribution in [0.2, 0.25) is 0 Å². The summed E-state index contributed by atoms with van der Waals surface area (Å²) in [5.41, 5.74) is 4.29. The lowest BCUT2D eigenvalue weighted by Crippen LogP contribution is -2.32. The van der Waals surface area contributed by atoms with Crippen LogP contribution in [-0.4, -0.2) is 25.0 Å². The van der Waals surface area contributed by atoms with E-state index in [1.54, 1.807) is 0 Å². The second kappa shape index (κ2) is 8.94. The second-order valence-corrected chi connectivity index (χ2v) is 7.69. The van der Waals surface area contributed by atoms with Crippen LogP contribution in [0.4, 0.5) is 17.1 Å². The summed E-state index contributed by atoms with van der Waals surface area (Å²) in [5, 5.41) is 6.38. The lowest BCUT2D eigenvalue weighted by molar-refractivity contribution is -0.116. The second-order valence-electron chi connectivity index (χ2n) is 7.69. The van der Waals surface area contributed by atoms with Gasteiger partial charge in [0, 0.05) is 30.2 Å². The third-order valence-electron chi connectivity index (χ3n) is 5.21. The molecule has 4 nitrogen and oxygen atoms in total. The van der Waals surface area contributed by atoms with Gasteiger partial charge < -0.3 is 15.5 Å². The molecule has 0 radical (unpaired) electrons. The summed E-state index contributed by atoms with van der Waals surface area (Å²) in [6.07, 6.45) is 3.88. The Bertz CT molecular complexity index is 748. The zero-order valence-electron chi connectivity index (χ0n) is 16.7. The number of benzene rings is 2. The minimum absolute atomic E-state index is 0.0248. The Labute approximate surface area is 163 Å². The van der Waals surface area contributed by atoms with Crippen molar-refractivity contribution in [1.82, 2.24) is 0 Å². The molecule has 0 aliphatic carbocycles. The summed E-state index contributed by atoms with van der Waals surface area (Å²) < 4.78 is 0. The van der Waals surface area contributed by atoms with E-state index in [2.05, 4.69) is 59.7 Å². The van der Waals surface area contributed by atoms with Crippen LogP contribution in [0.1, 0.15) is 51.5 Å². The quantitative estimate of drug-likeness (QED) is 0.736. The molecule has 2 aromatic carbocycles. The zero-order chi connectivity index (χ0) is 19.2. The van der Waals surface area contributed by atoms with Crippen molar-refractivity contribution < 1.29 is 4.79 Å². The normalized spacial score (nSPS) is 15.5. The summed E-state index contributed by atoms with van der Waals surface area (Å²) in [4.78, 5) is 15.1. The van der Waals surface area contributed by atoms with Gasteiger partial charge in [0.05, 0.1) is 0 Å². The first-order chi connectivity index (χ1) is 13.0. The monoisotopic (exact) mass is 365 g/mol. The predicted molar refractivity (Wildman–Crippen MR) is 115 cm³/mol. The molecule has 0 saturated carbocycles. The Morgan fingerprint density at radius 3 is 2.26 bits per heavy atom. The summed E-state index contributed by atoms with van der Waals surface area (Å²) in [5.74, 6) is 0.343. The number of para-hydroxylation sites is 1. The molecule has 1 saturated heterocycles. The molecule has 4 heteroatoms. The number of amides is 1. The lowest BCUT2D eigenvalue weighted by Gasteiger charge is -2.29. The van der Waals surface area contributed by atoms with Crippen LogP contribution < -0.4 is 15.5 Å². The molecule has 1 unspecified atom stereocenters. The Morgan fingerprint density at radius 1 is 0.926 bits per heavy atom. The molecule has 1 heterocycles. The number of carbonyl (C=O) groups excluding carboxylic acids is 1. The van der Waals surface area contributed by atoms with Crippen molar-refractivity contribution in [2.45, 2.75) is 52.0 Å². The molecule has 0 bridgehead atoms. The van der Waals surface area contributed by atoms with Gasteiger partial charge in [-0.2, -0.15) is 0 Å². The van der Waals surface area contributed by atoms with Crippen LogP contribution in [0, 0.1) is 0 Å². The molecule has 0 aromatic heterocycles. The van der Waals surface area contributed by atoms with Gasteiger partial charge in [-0.1, -0.05) is 32.0 Å². The lowest BCUT2D eigenvalue weighted by atomic mass is 10.0. The van der Waals surface area contributed by atoms with Gasteiger partial charge in [-0.15, -0.1) is 0 Å². The minimum Gasteiger partial charge on any atom is -0.374 e. The third-order valence-corrected chi connectivity index (χ3v) is 5.21. The molecule has 1 amide bonds. The number of piperidine rings is 1. The molecule has 0 spiro atoms. The Hall–Kier alpha value is -2.49. The first-order valence-electron chi connectivity index (χ1n) is 10.1. The van der Waals surface area contributed by atoms with Gasteiger partial charge in [-0.25, -0.2) is 0 Å². The molecule has 27 heavy (non-hydrogen) atoms. The van der Waals surface area contributed by atoms with Crippen molar-refractivity contribution in [2.75, 3.05) is 28.6 Å². The zero-order valence-corrected chi connectivity index (χ0v) is 16.7. The highest BCUT2D eigenvalue weighted by molar-refractivity contribution is 5.97. The maximum atomic E-state index is 12.6. The van der Waals surface area contributed by atoms with Gasteiger partial charge in [0.2, 0.25) is 5.91 Å². The van der Waals surface area contributed by atoms with Crippen LogP contribution in [0.5, 0.6) is 0 Å². The fourth-order valence-electron chi connectivity index (χ4n) is 3.59. The summed E-state index contributed by atoms with van der Waals surface area (Å²) in [6.45, 7) is 8.45. The van der Waals surface area contributed by atoms with Crippen LogP contribution >= 0.6 is 0 Å². The fourth-order valence-corrected chi connectivity index (χ4v) is 3.59. The highest BCUT2D eigenvalue weighted by Gasteiger charge is 2.16. The van der Waals surface area contributed by atoms with Gasteiger partial charge in [-0.3, -0.25) is 4.79 Å². The molecule has 2 aromatic rings. The summed E-state index contributed by atoms with van der Waals surface area (Å²) in [6, 6.07) is 16.1. The van der Waals surface area contributed by atoms with Crippen molar-refractivity contribution in [3.05, 3.63) is 54.1 Å². The molecular weight excluding hydrogens is 334 g/mol. The minimum atomic E-state index is -0.314. The standard InChI is InChI=1S/C23H31N3O/c1-17(2)21-9-5-6-10-22(21)25-23(27)18(3)24-19-11-13-20(14-12-19)26-15-7-4-8-16-26/h5-6,9-14,17-18,24H,4,7-8,15-16H2,1-3H3,(H,25,27). The molecule has 144 valence electrons. The fraction of sp³-hybridized carbons (Fsp3) is 0.435. The van der Waals surface area contributed by atoms with E-state index in [1.807, 2.05) is 25.1 Å². The van der Waals surface area contributed by atoms with E-state index >= 15 is 0 Å². The van der Waals surface area contributed by atoms with E-state index < -0.39 is 0 Å². The molecule has 2 N–H and O–H groups in total. The highest BCUT2D eigenvalue weighted by Crippen LogP contribution is 2.25. The van der Waals surface area contributed by atoms with Crippen LogP contribution in [0.3, 0.4) is 0 Å². The average molecular weight is 366 g/mol. The topological polar surface area (TPSA) is 44.4 Å². The Morgan fingerprint density at radius 2 is 1.59 bits per heavy atom. The van der Waals surface area contributed by atoms with E-state index in [0.717, 1.165) is 30.0 Å². The van der Waals surface area contributed by atoms with Gasteiger partial charge in [0.15, 0.2) is 0 Å². The number of nitrogens with zero attached hydrogens (tertiary/aromatic N) is 1. The first-order valence-corrected chi connectivity index (χ1v) is 10.1. The average Bonchev–Trinajstić information content (AvgIpc) is 2.69. The van der Waals surface area contributed by atoms with Gasteiger partial charge in [0.25, 0.3) is 0 Å². The molecule has 1 fully saturated rings. The molecule has 1 aliphatic rings. The Balaban J connectivity index is 1.59. The molecular formula is C23H31N3O. The van der Waals surface area contributed by atoms with E-state index in [4.69, 9.17) is 0 Å². The van der Waals surface area contributed by atoms with Crippen LogP contribution in [0.15, 0.2) is 48.5 Å². The van der Waals surface area contributed by atoms with E-state index in [-0.39, 0.29) is 11.9 Å². The third kappa shape index (κ3) is 5.03. The van der Waals surface area contributed by atoms with Crippen LogP contribution in [0.25, 0.3) is 0 Å². The summed E-state index contributed by atoms with van der Waals surface area (Å²) in [7, 11) is 0. The largest absolute Gasteiger partial charge is 0.374 e. The van der Waals surface area contributed by atoms with Crippen molar-refractivity contribution in [3.63, 3.8) is 0 Å². The summed E-state index contributed by atoms with van der Waals surface area (Å²) >= 11 is 0.